The molecule has 2 N–H and O–H groups in total. The molecular formula is C21H24N4. The lowest BCUT2D eigenvalue weighted by Gasteiger charge is -2.24. The maximum atomic E-state index is 4.64. The highest BCUT2D eigenvalue weighted by atomic mass is 14.8. The van der Waals surface area contributed by atoms with Crippen LogP contribution in [0.15, 0.2) is 43.1 Å². The topological polar surface area (TPSA) is 57.4 Å². The molecule has 0 aliphatic rings. The monoisotopic (exact) mass is 332 g/mol. The van der Waals surface area contributed by atoms with E-state index in [1.54, 1.807) is 0 Å². The highest BCUT2D eigenvalue weighted by Gasteiger charge is 2.25. The van der Waals surface area contributed by atoms with Gasteiger partial charge in [0.05, 0.1) is 11.7 Å². The van der Waals surface area contributed by atoms with E-state index in [2.05, 4.69) is 72.2 Å². The molecule has 4 heterocycles. The number of rotatable bonds is 4. The van der Waals surface area contributed by atoms with Crippen molar-refractivity contribution in [2.45, 2.75) is 45.4 Å². The number of aromatic amines is 2. The second-order valence-electron chi connectivity index (χ2n) is 7.82. The summed E-state index contributed by atoms with van der Waals surface area (Å²) in [4.78, 5) is 15.5. The zero-order chi connectivity index (χ0) is 17.6. The maximum Gasteiger partial charge on any atom is 0.137 e. The van der Waals surface area contributed by atoms with E-state index in [-0.39, 0.29) is 5.41 Å². The Morgan fingerprint density at radius 1 is 1.08 bits per heavy atom. The van der Waals surface area contributed by atoms with E-state index in [1.807, 2.05) is 18.6 Å². The van der Waals surface area contributed by atoms with Crippen LogP contribution >= 0.6 is 0 Å². The number of nitrogens with one attached hydrogen (secondary N) is 2. The van der Waals surface area contributed by atoms with E-state index in [1.165, 1.54) is 27.5 Å². The number of hydrogen-bond acceptors (Lipinski definition) is 2. The van der Waals surface area contributed by atoms with Crippen LogP contribution in [0.3, 0.4) is 0 Å². The molecule has 0 aliphatic heterocycles. The molecule has 128 valence electrons. The summed E-state index contributed by atoms with van der Waals surface area (Å²) in [6.07, 6.45) is 10.9. The van der Waals surface area contributed by atoms with Crippen LogP contribution in [0.4, 0.5) is 0 Å². The van der Waals surface area contributed by atoms with E-state index in [0.29, 0.717) is 5.92 Å². The first-order valence-corrected chi connectivity index (χ1v) is 8.83. The van der Waals surface area contributed by atoms with Crippen LogP contribution in [0, 0.1) is 0 Å². The number of H-pyrrole nitrogens is 2. The minimum absolute atomic E-state index is 0.00324. The van der Waals surface area contributed by atoms with Gasteiger partial charge in [0.1, 0.15) is 5.65 Å². The van der Waals surface area contributed by atoms with Crippen molar-refractivity contribution < 1.29 is 0 Å². The lowest BCUT2D eigenvalue weighted by atomic mass is 9.79. The Balaban J connectivity index is 1.73. The van der Waals surface area contributed by atoms with E-state index in [4.69, 9.17) is 0 Å². The number of fused-ring (bicyclic) bond motifs is 2. The van der Waals surface area contributed by atoms with Crippen LogP contribution in [0.25, 0.3) is 21.9 Å². The molecule has 0 atom stereocenters. The minimum Gasteiger partial charge on any atom is -0.360 e. The van der Waals surface area contributed by atoms with Gasteiger partial charge in [-0.3, -0.25) is 4.98 Å². The van der Waals surface area contributed by atoms with Crippen LogP contribution in [0.2, 0.25) is 0 Å². The summed E-state index contributed by atoms with van der Waals surface area (Å²) in [6.45, 7) is 9.03. The summed E-state index contributed by atoms with van der Waals surface area (Å²) < 4.78 is 0. The van der Waals surface area contributed by atoms with Crippen molar-refractivity contribution in [2.24, 2.45) is 0 Å². The lowest BCUT2D eigenvalue weighted by Crippen LogP contribution is -2.20. The van der Waals surface area contributed by atoms with E-state index < -0.39 is 0 Å². The lowest BCUT2D eigenvalue weighted by molar-refractivity contribution is 0.526. The van der Waals surface area contributed by atoms with Crippen LogP contribution in [0.1, 0.15) is 50.3 Å². The Kier molecular flexibility index (Phi) is 3.64. The van der Waals surface area contributed by atoms with Crippen LogP contribution in [0.5, 0.6) is 0 Å². The zero-order valence-electron chi connectivity index (χ0n) is 15.2. The molecular weight excluding hydrogens is 308 g/mol. The van der Waals surface area contributed by atoms with Crippen molar-refractivity contribution in [3.05, 3.63) is 59.8 Å². The Bertz CT molecular complexity index is 1040. The standard InChI is InChI=1S/C21H24N4/c1-13(2)17-10-25-20-16(17)7-14(9-24-20)8-21(3,4)18-11-23-19-12-22-6-5-15(18)19/h5-7,9-13,23H,8H2,1-4H3,(H,24,25). The summed E-state index contributed by atoms with van der Waals surface area (Å²) >= 11 is 0. The van der Waals surface area contributed by atoms with Crippen molar-refractivity contribution in [3.63, 3.8) is 0 Å². The quantitative estimate of drug-likeness (QED) is 0.547. The van der Waals surface area contributed by atoms with Gasteiger partial charge >= 0.3 is 0 Å². The van der Waals surface area contributed by atoms with Gasteiger partial charge in [-0.25, -0.2) is 4.98 Å². The fourth-order valence-electron chi connectivity index (χ4n) is 3.78. The largest absolute Gasteiger partial charge is 0.360 e. The van der Waals surface area contributed by atoms with Crippen LogP contribution in [-0.2, 0) is 11.8 Å². The molecule has 0 bridgehead atoms. The minimum atomic E-state index is 0.00324. The second kappa shape index (κ2) is 5.73. The molecule has 4 nitrogen and oxygen atoms in total. The molecule has 4 aromatic heterocycles. The first kappa shape index (κ1) is 15.9. The molecule has 0 saturated carbocycles. The number of nitrogens with zero attached hydrogens (tertiary/aromatic N) is 2. The molecule has 0 aromatic carbocycles. The normalized spacial score (nSPS) is 12.5. The van der Waals surface area contributed by atoms with Gasteiger partial charge in [-0.05, 0) is 46.6 Å². The molecule has 0 fully saturated rings. The summed E-state index contributed by atoms with van der Waals surface area (Å²) in [5.74, 6) is 0.486. The average molecular weight is 332 g/mol. The molecule has 0 aliphatic carbocycles. The predicted molar refractivity (Wildman–Crippen MR) is 103 cm³/mol. The smallest absolute Gasteiger partial charge is 0.137 e. The third-order valence-corrected chi connectivity index (χ3v) is 5.10. The SMILES string of the molecule is CC(C)c1c[nH]c2ncc(CC(C)(C)c3c[nH]c4cnccc34)cc12. The number of aromatic nitrogens is 4. The molecule has 4 aromatic rings. The van der Waals surface area contributed by atoms with Crippen molar-refractivity contribution in [1.29, 1.82) is 0 Å². The van der Waals surface area contributed by atoms with Gasteiger partial charge in [0, 0.05) is 35.6 Å². The molecule has 25 heavy (non-hydrogen) atoms. The maximum absolute atomic E-state index is 4.64. The Hall–Kier alpha value is -2.62. The molecule has 0 amide bonds. The summed E-state index contributed by atoms with van der Waals surface area (Å²) in [7, 11) is 0. The van der Waals surface area contributed by atoms with Crippen molar-refractivity contribution >= 4 is 21.9 Å². The van der Waals surface area contributed by atoms with Crippen molar-refractivity contribution in [3.8, 4) is 0 Å². The first-order chi connectivity index (χ1) is 12.0. The zero-order valence-corrected chi connectivity index (χ0v) is 15.2. The van der Waals surface area contributed by atoms with Gasteiger partial charge < -0.3 is 9.97 Å². The van der Waals surface area contributed by atoms with Gasteiger partial charge in [0.2, 0.25) is 0 Å². The van der Waals surface area contributed by atoms with E-state index in [9.17, 15) is 0 Å². The number of hydrogen-bond donors (Lipinski definition) is 2. The number of pyridine rings is 2. The fourth-order valence-corrected chi connectivity index (χ4v) is 3.78. The molecule has 0 spiro atoms. The molecule has 4 heteroatoms. The Morgan fingerprint density at radius 3 is 2.72 bits per heavy atom. The Labute approximate surface area is 147 Å². The van der Waals surface area contributed by atoms with Crippen molar-refractivity contribution in [2.75, 3.05) is 0 Å². The average Bonchev–Trinajstić information content (AvgIpc) is 3.18. The fraction of sp³-hybridized carbons (Fsp3) is 0.333. The van der Waals surface area contributed by atoms with Gasteiger partial charge in [0.15, 0.2) is 0 Å². The van der Waals surface area contributed by atoms with E-state index >= 15 is 0 Å². The van der Waals surface area contributed by atoms with Crippen LogP contribution in [-0.4, -0.2) is 19.9 Å². The molecule has 0 radical (unpaired) electrons. The second-order valence-corrected chi connectivity index (χ2v) is 7.82. The predicted octanol–water partition coefficient (Wildman–Crippen LogP) is 5.08. The van der Waals surface area contributed by atoms with Gasteiger partial charge in [0.25, 0.3) is 0 Å². The van der Waals surface area contributed by atoms with Gasteiger partial charge in [-0.15, -0.1) is 0 Å². The van der Waals surface area contributed by atoms with Crippen molar-refractivity contribution in [1.82, 2.24) is 19.9 Å². The molecule has 4 rings (SSSR count). The summed E-state index contributed by atoms with van der Waals surface area (Å²) in [5.41, 5.74) is 5.99. The first-order valence-electron chi connectivity index (χ1n) is 8.83. The third-order valence-electron chi connectivity index (χ3n) is 5.10. The van der Waals surface area contributed by atoms with Gasteiger partial charge in [-0.2, -0.15) is 0 Å². The van der Waals surface area contributed by atoms with Gasteiger partial charge in [-0.1, -0.05) is 27.7 Å². The highest BCUT2D eigenvalue weighted by Crippen LogP contribution is 2.34. The summed E-state index contributed by atoms with van der Waals surface area (Å²) in [5, 5.41) is 2.49. The highest BCUT2D eigenvalue weighted by molar-refractivity contribution is 5.83. The van der Waals surface area contributed by atoms with Crippen LogP contribution < -0.4 is 0 Å². The third kappa shape index (κ3) is 2.72. The molecule has 0 saturated heterocycles. The Morgan fingerprint density at radius 2 is 1.92 bits per heavy atom. The molecule has 0 unspecified atom stereocenters. The summed E-state index contributed by atoms with van der Waals surface area (Å²) in [6, 6.07) is 4.39. The van der Waals surface area contributed by atoms with E-state index in [0.717, 1.165) is 17.6 Å².